The van der Waals surface area contributed by atoms with Gasteiger partial charge in [-0.05, 0) is 23.8 Å². The maximum Gasteiger partial charge on any atom is 0.116 e. The van der Waals surface area contributed by atoms with Gasteiger partial charge in [-0.15, -0.1) is 0 Å². The smallest absolute Gasteiger partial charge is 0.116 e. The van der Waals surface area contributed by atoms with Gasteiger partial charge in [0.05, 0.1) is 0 Å². The minimum Gasteiger partial charge on any atom is -0.508 e. The summed E-state index contributed by atoms with van der Waals surface area (Å²) < 4.78 is 0. The van der Waals surface area contributed by atoms with Gasteiger partial charge in [-0.25, -0.2) is 0 Å². The minimum atomic E-state index is 0.261. The summed E-state index contributed by atoms with van der Waals surface area (Å²) in [6, 6.07) is 8.88. The molecule has 0 saturated carbocycles. The highest BCUT2D eigenvalue weighted by Gasteiger charge is 1.99. The normalized spacial score (nSPS) is 10.2. The van der Waals surface area contributed by atoms with E-state index in [0.717, 1.165) is 11.1 Å². The second kappa shape index (κ2) is 2.86. The molecule has 4 N–H and O–H groups in total. The van der Waals surface area contributed by atoms with E-state index in [1.807, 2.05) is 18.3 Å². The summed E-state index contributed by atoms with van der Waals surface area (Å²) in [7, 11) is 0. The van der Waals surface area contributed by atoms with Gasteiger partial charge in [0.15, 0.2) is 0 Å². The molecule has 2 rings (SSSR count). The Morgan fingerprint density at radius 2 is 2.00 bits per heavy atom. The standard InChI is InChI=1S/C10H10N2O/c11-10-5-8(6-12-10)7-2-1-3-9(13)4-7/h1-6,12-13H,11H2. The van der Waals surface area contributed by atoms with Crippen LogP contribution in [0.4, 0.5) is 5.82 Å². The van der Waals surface area contributed by atoms with Crippen molar-refractivity contribution in [1.29, 1.82) is 0 Å². The number of aromatic amines is 1. The van der Waals surface area contributed by atoms with E-state index in [1.54, 1.807) is 18.2 Å². The van der Waals surface area contributed by atoms with Crippen LogP contribution >= 0.6 is 0 Å². The molecule has 0 atom stereocenters. The number of phenols is 1. The second-order valence-electron chi connectivity index (χ2n) is 2.89. The number of phenolic OH excluding ortho intramolecular Hbond substituents is 1. The first-order chi connectivity index (χ1) is 6.25. The van der Waals surface area contributed by atoms with Crippen LogP contribution in [-0.2, 0) is 0 Å². The molecule has 0 aliphatic heterocycles. The first-order valence-electron chi connectivity index (χ1n) is 3.99. The monoisotopic (exact) mass is 174 g/mol. The molecule has 0 fully saturated rings. The van der Waals surface area contributed by atoms with Crippen LogP contribution in [0.3, 0.4) is 0 Å². The number of aromatic nitrogens is 1. The molecule has 2 aromatic rings. The topological polar surface area (TPSA) is 62.0 Å². The molecule has 66 valence electrons. The molecule has 0 aliphatic carbocycles. The highest BCUT2D eigenvalue weighted by Crippen LogP contribution is 2.24. The van der Waals surface area contributed by atoms with Crippen molar-refractivity contribution in [2.75, 3.05) is 5.73 Å². The van der Waals surface area contributed by atoms with Crippen LogP contribution in [0.5, 0.6) is 5.75 Å². The number of H-pyrrole nitrogens is 1. The minimum absolute atomic E-state index is 0.261. The zero-order valence-corrected chi connectivity index (χ0v) is 6.99. The lowest BCUT2D eigenvalue weighted by atomic mass is 10.1. The number of nitrogen functional groups attached to an aromatic ring is 1. The summed E-state index contributed by atoms with van der Waals surface area (Å²) in [6.45, 7) is 0. The molecule has 0 amide bonds. The molecular weight excluding hydrogens is 164 g/mol. The fourth-order valence-corrected chi connectivity index (χ4v) is 1.26. The van der Waals surface area contributed by atoms with Crippen molar-refractivity contribution >= 4 is 5.82 Å². The van der Waals surface area contributed by atoms with Gasteiger partial charge in [-0.3, -0.25) is 0 Å². The first-order valence-corrected chi connectivity index (χ1v) is 3.99. The van der Waals surface area contributed by atoms with E-state index in [4.69, 9.17) is 5.73 Å². The summed E-state index contributed by atoms with van der Waals surface area (Å²) in [5.41, 5.74) is 7.47. The predicted molar refractivity (Wildman–Crippen MR) is 52.3 cm³/mol. The molecule has 0 spiro atoms. The third-order valence-corrected chi connectivity index (χ3v) is 1.88. The Hall–Kier alpha value is -1.90. The predicted octanol–water partition coefficient (Wildman–Crippen LogP) is 1.97. The molecular formula is C10H10N2O. The summed E-state index contributed by atoms with van der Waals surface area (Å²) in [5, 5.41) is 9.24. The van der Waals surface area contributed by atoms with E-state index in [9.17, 15) is 5.11 Å². The van der Waals surface area contributed by atoms with Crippen LogP contribution in [0.25, 0.3) is 11.1 Å². The van der Waals surface area contributed by atoms with E-state index < -0.39 is 0 Å². The van der Waals surface area contributed by atoms with Gasteiger partial charge >= 0.3 is 0 Å². The molecule has 0 saturated heterocycles. The maximum absolute atomic E-state index is 9.24. The van der Waals surface area contributed by atoms with E-state index >= 15 is 0 Å². The van der Waals surface area contributed by atoms with E-state index in [2.05, 4.69) is 4.98 Å². The van der Waals surface area contributed by atoms with Gasteiger partial charge in [0, 0.05) is 11.8 Å². The number of nitrogens with one attached hydrogen (secondary N) is 1. The lowest BCUT2D eigenvalue weighted by Crippen LogP contribution is -1.79. The van der Waals surface area contributed by atoms with Gasteiger partial charge in [0.2, 0.25) is 0 Å². The van der Waals surface area contributed by atoms with Crippen molar-refractivity contribution in [2.45, 2.75) is 0 Å². The van der Waals surface area contributed by atoms with Crippen LogP contribution < -0.4 is 5.73 Å². The van der Waals surface area contributed by atoms with E-state index in [1.165, 1.54) is 0 Å². The van der Waals surface area contributed by atoms with Crippen molar-refractivity contribution in [2.24, 2.45) is 0 Å². The molecule has 1 aromatic carbocycles. The Balaban J connectivity index is 2.46. The highest BCUT2D eigenvalue weighted by molar-refractivity contribution is 5.67. The van der Waals surface area contributed by atoms with Crippen molar-refractivity contribution < 1.29 is 5.11 Å². The molecule has 1 heterocycles. The van der Waals surface area contributed by atoms with E-state index in [0.29, 0.717) is 5.82 Å². The third-order valence-electron chi connectivity index (χ3n) is 1.88. The Labute approximate surface area is 75.8 Å². The second-order valence-corrected chi connectivity index (χ2v) is 2.89. The van der Waals surface area contributed by atoms with Crippen LogP contribution in [0, 0.1) is 0 Å². The maximum atomic E-state index is 9.24. The average molecular weight is 174 g/mol. The number of hydrogen-bond acceptors (Lipinski definition) is 2. The van der Waals surface area contributed by atoms with Crippen molar-refractivity contribution in [3.8, 4) is 16.9 Å². The fraction of sp³-hybridized carbons (Fsp3) is 0. The molecule has 1 aromatic heterocycles. The Morgan fingerprint density at radius 1 is 1.15 bits per heavy atom. The SMILES string of the molecule is Nc1cc(-c2cccc(O)c2)c[nH]1. The fourth-order valence-electron chi connectivity index (χ4n) is 1.26. The van der Waals surface area contributed by atoms with Gasteiger partial charge in [-0.1, -0.05) is 12.1 Å². The van der Waals surface area contributed by atoms with Crippen molar-refractivity contribution in [3.63, 3.8) is 0 Å². The summed E-state index contributed by atoms with van der Waals surface area (Å²) in [4.78, 5) is 2.88. The lowest BCUT2D eigenvalue weighted by molar-refractivity contribution is 0.475. The Bertz CT molecular complexity index is 420. The molecule has 0 aliphatic rings. The number of benzene rings is 1. The summed E-state index contributed by atoms with van der Waals surface area (Å²) >= 11 is 0. The van der Waals surface area contributed by atoms with Crippen molar-refractivity contribution in [3.05, 3.63) is 36.5 Å². The molecule has 3 heteroatoms. The van der Waals surface area contributed by atoms with Crippen LogP contribution in [-0.4, -0.2) is 10.1 Å². The summed E-state index contributed by atoms with van der Waals surface area (Å²) in [6.07, 6.45) is 1.81. The van der Waals surface area contributed by atoms with Gasteiger partial charge in [0.1, 0.15) is 11.6 Å². The Morgan fingerprint density at radius 3 is 2.62 bits per heavy atom. The summed E-state index contributed by atoms with van der Waals surface area (Å²) in [5.74, 6) is 0.885. The molecule has 3 nitrogen and oxygen atoms in total. The third kappa shape index (κ3) is 1.49. The van der Waals surface area contributed by atoms with Gasteiger partial charge in [-0.2, -0.15) is 0 Å². The zero-order valence-electron chi connectivity index (χ0n) is 6.99. The van der Waals surface area contributed by atoms with Gasteiger partial charge < -0.3 is 15.8 Å². The van der Waals surface area contributed by atoms with Crippen LogP contribution in [0.15, 0.2) is 36.5 Å². The number of anilines is 1. The number of rotatable bonds is 1. The van der Waals surface area contributed by atoms with E-state index in [-0.39, 0.29) is 5.75 Å². The van der Waals surface area contributed by atoms with Crippen LogP contribution in [0.2, 0.25) is 0 Å². The molecule has 0 unspecified atom stereocenters. The van der Waals surface area contributed by atoms with Crippen molar-refractivity contribution in [1.82, 2.24) is 4.98 Å². The number of hydrogen-bond donors (Lipinski definition) is 3. The van der Waals surface area contributed by atoms with Gasteiger partial charge in [0.25, 0.3) is 0 Å². The quantitative estimate of drug-likeness (QED) is 0.619. The Kier molecular flexibility index (Phi) is 1.70. The van der Waals surface area contributed by atoms with Crippen LogP contribution in [0.1, 0.15) is 0 Å². The molecule has 13 heavy (non-hydrogen) atoms. The number of aromatic hydroxyl groups is 1. The average Bonchev–Trinajstić information content (AvgIpc) is 2.52. The largest absolute Gasteiger partial charge is 0.508 e. The highest BCUT2D eigenvalue weighted by atomic mass is 16.3. The first kappa shape index (κ1) is 7.73. The number of nitrogens with two attached hydrogens (primary N) is 1. The molecule has 0 bridgehead atoms. The lowest BCUT2D eigenvalue weighted by Gasteiger charge is -1.97. The molecule has 0 radical (unpaired) electrons. The zero-order chi connectivity index (χ0) is 9.26.